The van der Waals surface area contributed by atoms with E-state index in [-0.39, 0.29) is 17.6 Å². The van der Waals surface area contributed by atoms with Crippen LogP contribution < -0.4 is 10.6 Å². The first-order valence-electron chi connectivity index (χ1n) is 7.27. The van der Waals surface area contributed by atoms with E-state index in [2.05, 4.69) is 16.7 Å². The van der Waals surface area contributed by atoms with Gasteiger partial charge in [-0.2, -0.15) is 18.4 Å². The van der Waals surface area contributed by atoms with Gasteiger partial charge in [-0.15, -0.1) is 0 Å². The summed E-state index contributed by atoms with van der Waals surface area (Å²) >= 11 is 0. The predicted molar refractivity (Wildman–Crippen MR) is 76.5 cm³/mol. The van der Waals surface area contributed by atoms with Gasteiger partial charge < -0.3 is 15.5 Å². The maximum atomic E-state index is 12.5. The van der Waals surface area contributed by atoms with Gasteiger partial charge in [0, 0.05) is 18.8 Å². The van der Waals surface area contributed by atoms with Crippen LogP contribution in [0.25, 0.3) is 0 Å². The van der Waals surface area contributed by atoms with E-state index in [1.165, 1.54) is 17.0 Å². The van der Waals surface area contributed by atoms with Crippen molar-refractivity contribution < 1.29 is 18.0 Å². The smallest absolute Gasteiger partial charge is 0.314 e. The standard InChI is InChI=1S/C15H15F3N4O/c16-15(17,18)10-1-3-11(4-2-10)21-14(23)22-12(6-19)5-9-7-20-8-13(9)22/h1-4,9,12-13,20H,5,7-8H2,(H,21,23). The Balaban J connectivity index is 1.72. The number of urea groups is 1. The quantitative estimate of drug-likeness (QED) is 0.834. The Labute approximate surface area is 131 Å². The van der Waals surface area contributed by atoms with Crippen LogP contribution in [0, 0.1) is 17.2 Å². The van der Waals surface area contributed by atoms with Gasteiger partial charge in [-0.05, 0) is 36.6 Å². The topological polar surface area (TPSA) is 68.2 Å². The number of fused-ring (bicyclic) bond motifs is 1. The fourth-order valence-corrected chi connectivity index (χ4v) is 3.25. The van der Waals surface area contributed by atoms with Crippen LogP contribution >= 0.6 is 0 Å². The summed E-state index contributed by atoms with van der Waals surface area (Å²) in [5.41, 5.74) is -0.499. The molecule has 2 amide bonds. The number of hydrogen-bond acceptors (Lipinski definition) is 3. The molecule has 1 aromatic carbocycles. The molecule has 2 fully saturated rings. The highest BCUT2D eigenvalue weighted by Crippen LogP contribution is 2.33. The molecular weight excluding hydrogens is 309 g/mol. The van der Waals surface area contributed by atoms with Crippen molar-refractivity contribution in [2.24, 2.45) is 5.92 Å². The number of halogens is 3. The number of nitrogens with one attached hydrogen (secondary N) is 2. The van der Waals surface area contributed by atoms with Crippen molar-refractivity contribution in [3.63, 3.8) is 0 Å². The van der Waals surface area contributed by atoms with Crippen molar-refractivity contribution >= 4 is 11.7 Å². The number of nitrogens with zero attached hydrogens (tertiary/aromatic N) is 2. The predicted octanol–water partition coefficient (Wildman–Crippen LogP) is 2.42. The van der Waals surface area contributed by atoms with Crippen LogP contribution in [0.1, 0.15) is 12.0 Å². The minimum Gasteiger partial charge on any atom is -0.314 e. The fraction of sp³-hybridized carbons (Fsp3) is 0.467. The van der Waals surface area contributed by atoms with Crippen LogP contribution in [0.5, 0.6) is 0 Å². The monoisotopic (exact) mass is 324 g/mol. The Morgan fingerprint density at radius 3 is 2.61 bits per heavy atom. The minimum absolute atomic E-state index is 0.0471. The van der Waals surface area contributed by atoms with Crippen LogP contribution in [0.3, 0.4) is 0 Å². The van der Waals surface area contributed by atoms with Crippen LogP contribution in [0.15, 0.2) is 24.3 Å². The van der Waals surface area contributed by atoms with E-state index in [1.54, 1.807) is 0 Å². The second-order valence-corrected chi connectivity index (χ2v) is 5.78. The maximum Gasteiger partial charge on any atom is 0.416 e. The van der Waals surface area contributed by atoms with Gasteiger partial charge in [-0.25, -0.2) is 4.79 Å². The second-order valence-electron chi connectivity index (χ2n) is 5.78. The highest BCUT2D eigenvalue weighted by molar-refractivity contribution is 5.90. The van der Waals surface area contributed by atoms with E-state index >= 15 is 0 Å². The van der Waals surface area contributed by atoms with E-state index in [0.29, 0.717) is 13.0 Å². The molecule has 3 atom stereocenters. The highest BCUT2D eigenvalue weighted by Gasteiger charge is 2.46. The van der Waals surface area contributed by atoms with Crippen molar-refractivity contribution in [2.75, 3.05) is 18.4 Å². The molecule has 2 aliphatic rings. The SMILES string of the molecule is N#CC1CC2CNCC2N1C(=O)Nc1ccc(C(F)(F)F)cc1. The van der Waals surface area contributed by atoms with Gasteiger partial charge in [0.25, 0.3) is 0 Å². The molecule has 0 aliphatic carbocycles. The average molecular weight is 324 g/mol. The zero-order valence-corrected chi connectivity index (χ0v) is 12.1. The van der Waals surface area contributed by atoms with Gasteiger partial charge in [-0.1, -0.05) is 0 Å². The van der Waals surface area contributed by atoms with Gasteiger partial charge in [-0.3, -0.25) is 0 Å². The third kappa shape index (κ3) is 2.97. The molecule has 3 unspecified atom stereocenters. The van der Waals surface area contributed by atoms with Crippen molar-refractivity contribution in [3.05, 3.63) is 29.8 Å². The lowest BCUT2D eigenvalue weighted by Gasteiger charge is -2.26. The number of amides is 2. The summed E-state index contributed by atoms with van der Waals surface area (Å²) in [7, 11) is 0. The first-order chi connectivity index (χ1) is 10.9. The van der Waals surface area contributed by atoms with E-state index in [4.69, 9.17) is 0 Å². The van der Waals surface area contributed by atoms with E-state index < -0.39 is 23.8 Å². The Morgan fingerprint density at radius 2 is 2.00 bits per heavy atom. The van der Waals surface area contributed by atoms with Crippen LogP contribution in [0.4, 0.5) is 23.7 Å². The molecular formula is C15H15F3N4O. The number of hydrogen-bond donors (Lipinski definition) is 2. The van der Waals surface area contributed by atoms with E-state index in [1.807, 2.05) is 0 Å². The summed E-state index contributed by atoms with van der Waals surface area (Å²) in [5.74, 6) is 0.248. The first kappa shape index (κ1) is 15.6. The third-order valence-electron chi connectivity index (χ3n) is 4.37. The second kappa shape index (κ2) is 5.74. The van der Waals surface area contributed by atoms with E-state index in [0.717, 1.165) is 18.7 Å². The van der Waals surface area contributed by atoms with Crippen molar-refractivity contribution in [2.45, 2.75) is 24.7 Å². The zero-order chi connectivity index (χ0) is 16.6. The summed E-state index contributed by atoms with van der Waals surface area (Å²) in [6.07, 6.45) is -3.79. The number of carbonyl (C=O) groups excluding carboxylic acids is 1. The largest absolute Gasteiger partial charge is 0.416 e. The third-order valence-corrected chi connectivity index (χ3v) is 4.37. The van der Waals surface area contributed by atoms with Crippen molar-refractivity contribution in [1.82, 2.24) is 10.2 Å². The molecule has 1 aromatic rings. The molecule has 0 saturated carbocycles. The van der Waals surface area contributed by atoms with Crippen LogP contribution in [-0.2, 0) is 6.18 Å². The van der Waals surface area contributed by atoms with Gasteiger partial charge in [0.1, 0.15) is 6.04 Å². The Hall–Kier alpha value is -2.27. The summed E-state index contributed by atoms with van der Waals surface area (Å²) in [6, 6.07) is 5.39. The molecule has 0 aromatic heterocycles. The number of benzene rings is 1. The lowest BCUT2D eigenvalue weighted by atomic mass is 10.0. The summed E-state index contributed by atoms with van der Waals surface area (Å²) < 4.78 is 37.6. The molecule has 0 radical (unpaired) electrons. The van der Waals surface area contributed by atoms with Gasteiger partial charge in [0.15, 0.2) is 0 Å². The molecule has 5 nitrogen and oxygen atoms in total. The van der Waals surface area contributed by atoms with Gasteiger partial charge in [0.2, 0.25) is 0 Å². The highest BCUT2D eigenvalue weighted by atomic mass is 19.4. The van der Waals surface area contributed by atoms with Gasteiger partial charge in [0.05, 0.1) is 17.7 Å². The molecule has 2 aliphatic heterocycles. The number of likely N-dealkylation sites (tertiary alicyclic amines) is 1. The number of nitriles is 1. The normalized spacial score (nSPS) is 26.7. The Morgan fingerprint density at radius 1 is 1.30 bits per heavy atom. The van der Waals surface area contributed by atoms with Crippen molar-refractivity contribution in [1.29, 1.82) is 5.26 Å². The first-order valence-corrected chi connectivity index (χ1v) is 7.27. The number of alkyl halides is 3. The zero-order valence-electron chi connectivity index (χ0n) is 12.1. The average Bonchev–Trinajstić information content (AvgIpc) is 3.06. The molecule has 0 bridgehead atoms. The van der Waals surface area contributed by atoms with Gasteiger partial charge >= 0.3 is 12.2 Å². The fourth-order valence-electron chi connectivity index (χ4n) is 3.25. The number of rotatable bonds is 1. The summed E-state index contributed by atoms with van der Waals surface area (Å²) in [5, 5.41) is 15.0. The molecule has 2 saturated heterocycles. The Bertz CT molecular complexity index is 638. The molecule has 122 valence electrons. The van der Waals surface area contributed by atoms with Crippen LogP contribution in [0.2, 0.25) is 0 Å². The summed E-state index contributed by atoms with van der Waals surface area (Å²) in [4.78, 5) is 13.9. The number of anilines is 1. The lowest BCUT2D eigenvalue weighted by molar-refractivity contribution is -0.137. The number of carbonyl (C=O) groups is 1. The maximum absolute atomic E-state index is 12.5. The van der Waals surface area contributed by atoms with Crippen LogP contribution in [-0.4, -0.2) is 36.1 Å². The summed E-state index contributed by atoms with van der Waals surface area (Å²) in [6.45, 7) is 1.40. The molecule has 2 heterocycles. The molecule has 2 N–H and O–H groups in total. The lowest BCUT2D eigenvalue weighted by Crippen LogP contribution is -2.45. The molecule has 23 heavy (non-hydrogen) atoms. The molecule has 0 spiro atoms. The molecule has 8 heteroatoms. The van der Waals surface area contributed by atoms with E-state index in [9.17, 15) is 23.2 Å². The van der Waals surface area contributed by atoms with Crippen molar-refractivity contribution in [3.8, 4) is 6.07 Å². The Kier molecular flexibility index (Phi) is 3.90. The molecule has 3 rings (SSSR count). The minimum atomic E-state index is -4.41.